The number of hydrogen-bond acceptors (Lipinski definition) is 4. The second kappa shape index (κ2) is 7.87. The summed E-state index contributed by atoms with van der Waals surface area (Å²) in [4.78, 5) is 18.1. The lowest BCUT2D eigenvalue weighted by Crippen LogP contribution is -2.22. The Kier molecular flexibility index (Phi) is 5.58. The van der Waals surface area contributed by atoms with E-state index < -0.39 is 0 Å². The highest BCUT2D eigenvalue weighted by molar-refractivity contribution is 7.14. The fourth-order valence-corrected chi connectivity index (χ4v) is 3.43. The van der Waals surface area contributed by atoms with E-state index in [4.69, 9.17) is 27.9 Å². The number of anilines is 2. The van der Waals surface area contributed by atoms with Crippen molar-refractivity contribution >= 4 is 51.3 Å². The van der Waals surface area contributed by atoms with E-state index in [1.807, 2.05) is 35.7 Å². The van der Waals surface area contributed by atoms with Crippen molar-refractivity contribution in [1.29, 1.82) is 0 Å². The van der Waals surface area contributed by atoms with Crippen LogP contribution in [0, 0.1) is 0 Å². The molecule has 0 fully saturated rings. The molecule has 0 aliphatic heterocycles. The van der Waals surface area contributed by atoms with Crippen molar-refractivity contribution in [3.8, 4) is 5.75 Å². The van der Waals surface area contributed by atoms with E-state index in [0.717, 1.165) is 5.69 Å². The van der Waals surface area contributed by atoms with E-state index in [9.17, 15) is 4.79 Å². The van der Waals surface area contributed by atoms with Gasteiger partial charge in [-0.15, -0.1) is 11.3 Å². The quantitative estimate of drug-likeness (QED) is 0.557. The van der Waals surface area contributed by atoms with E-state index in [1.165, 1.54) is 18.3 Å². The largest absolute Gasteiger partial charge is 0.486 e. The standard InChI is InChI=1S/C18H14Cl2N2O2S/c1-12(23)22(14-6-3-2-4-7-14)18-21-13(11-25-18)10-24-16-9-5-8-15(19)17(16)20/h2-9,11H,10H2,1H3. The summed E-state index contributed by atoms with van der Waals surface area (Å²) in [7, 11) is 0. The summed E-state index contributed by atoms with van der Waals surface area (Å²) in [5.41, 5.74) is 1.48. The van der Waals surface area contributed by atoms with Gasteiger partial charge >= 0.3 is 0 Å². The number of halogens is 2. The Labute approximate surface area is 159 Å². The van der Waals surface area contributed by atoms with Crippen molar-refractivity contribution in [3.05, 3.63) is 69.7 Å². The first-order valence-electron chi connectivity index (χ1n) is 7.43. The normalized spacial score (nSPS) is 10.5. The second-order valence-corrected chi connectivity index (χ2v) is 6.77. The summed E-state index contributed by atoms with van der Waals surface area (Å²) in [6.45, 7) is 1.74. The first-order chi connectivity index (χ1) is 12.1. The highest BCUT2D eigenvalue weighted by Gasteiger charge is 2.18. The van der Waals surface area contributed by atoms with Gasteiger partial charge in [-0.2, -0.15) is 0 Å². The van der Waals surface area contributed by atoms with Gasteiger partial charge in [0, 0.05) is 12.3 Å². The molecular formula is C18H14Cl2N2O2S. The van der Waals surface area contributed by atoms with Crippen LogP contribution in [-0.2, 0) is 11.4 Å². The zero-order valence-electron chi connectivity index (χ0n) is 13.3. The number of amides is 1. The van der Waals surface area contributed by atoms with Gasteiger partial charge in [0.1, 0.15) is 17.4 Å². The predicted molar refractivity (Wildman–Crippen MR) is 102 cm³/mol. The molecular weight excluding hydrogens is 379 g/mol. The number of nitrogens with zero attached hydrogens (tertiary/aromatic N) is 2. The Bertz CT molecular complexity index is 884. The number of aromatic nitrogens is 1. The molecule has 0 bridgehead atoms. The Morgan fingerprint density at radius 2 is 1.92 bits per heavy atom. The summed E-state index contributed by atoms with van der Waals surface area (Å²) >= 11 is 13.5. The highest BCUT2D eigenvalue weighted by atomic mass is 35.5. The minimum absolute atomic E-state index is 0.106. The van der Waals surface area contributed by atoms with Crippen molar-refractivity contribution in [2.75, 3.05) is 4.90 Å². The number of ether oxygens (including phenoxy) is 1. The van der Waals surface area contributed by atoms with E-state index in [2.05, 4.69) is 4.98 Å². The van der Waals surface area contributed by atoms with Gasteiger partial charge in [0.25, 0.3) is 0 Å². The number of thiazole rings is 1. The maximum absolute atomic E-state index is 12.0. The first-order valence-corrected chi connectivity index (χ1v) is 9.07. The van der Waals surface area contributed by atoms with Crippen LogP contribution >= 0.6 is 34.5 Å². The Hall–Kier alpha value is -2.08. The molecule has 0 aliphatic rings. The third-order valence-corrected chi connectivity index (χ3v) is 5.03. The topological polar surface area (TPSA) is 42.4 Å². The molecule has 7 heteroatoms. The van der Waals surface area contributed by atoms with Gasteiger partial charge in [0.2, 0.25) is 5.91 Å². The van der Waals surface area contributed by atoms with Gasteiger partial charge in [-0.25, -0.2) is 4.98 Å². The molecule has 4 nitrogen and oxygen atoms in total. The zero-order chi connectivity index (χ0) is 17.8. The summed E-state index contributed by atoms with van der Waals surface area (Å²) in [6, 6.07) is 14.6. The first kappa shape index (κ1) is 17.7. The summed E-state index contributed by atoms with van der Waals surface area (Å²) in [6.07, 6.45) is 0. The van der Waals surface area contributed by atoms with Crippen LogP contribution in [0.3, 0.4) is 0 Å². The minimum atomic E-state index is -0.106. The lowest BCUT2D eigenvalue weighted by atomic mass is 10.3. The number of hydrogen-bond donors (Lipinski definition) is 0. The van der Waals surface area contributed by atoms with E-state index in [-0.39, 0.29) is 12.5 Å². The smallest absolute Gasteiger partial charge is 0.230 e. The van der Waals surface area contributed by atoms with Gasteiger partial charge in [-0.3, -0.25) is 9.69 Å². The average Bonchev–Trinajstić information content (AvgIpc) is 3.05. The number of rotatable bonds is 5. The van der Waals surface area contributed by atoms with Gasteiger partial charge in [-0.05, 0) is 24.3 Å². The van der Waals surface area contributed by atoms with E-state index in [0.29, 0.717) is 26.6 Å². The van der Waals surface area contributed by atoms with Crippen LogP contribution in [0.15, 0.2) is 53.9 Å². The number of carbonyl (C=O) groups is 1. The molecule has 0 saturated carbocycles. The van der Waals surface area contributed by atoms with Crippen LogP contribution in [0.1, 0.15) is 12.6 Å². The SMILES string of the molecule is CC(=O)N(c1ccccc1)c1nc(COc2cccc(Cl)c2Cl)cs1. The van der Waals surface area contributed by atoms with Crippen LogP contribution < -0.4 is 9.64 Å². The van der Waals surface area contributed by atoms with Gasteiger partial charge < -0.3 is 4.74 Å². The van der Waals surface area contributed by atoms with Crippen LogP contribution in [0.25, 0.3) is 0 Å². The molecule has 0 N–H and O–H groups in total. The summed E-state index contributed by atoms with van der Waals surface area (Å²) in [5, 5.41) is 3.25. The van der Waals surface area contributed by atoms with E-state index >= 15 is 0 Å². The fraction of sp³-hybridized carbons (Fsp3) is 0.111. The van der Waals surface area contributed by atoms with Crippen molar-refractivity contribution in [3.63, 3.8) is 0 Å². The Morgan fingerprint density at radius 3 is 2.64 bits per heavy atom. The van der Waals surface area contributed by atoms with Crippen molar-refractivity contribution in [2.24, 2.45) is 0 Å². The summed E-state index contributed by atoms with van der Waals surface area (Å²) < 4.78 is 5.69. The molecule has 0 radical (unpaired) electrons. The van der Waals surface area contributed by atoms with Crippen molar-refractivity contribution in [2.45, 2.75) is 13.5 Å². The molecule has 25 heavy (non-hydrogen) atoms. The lowest BCUT2D eigenvalue weighted by Gasteiger charge is -2.17. The Balaban J connectivity index is 1.77. The molecule has 3 rings (SSSR count). The molecule has 0 atom stereocenters. The molecule has 3 aromatic rings. The maximum Gasteiger partial charge on any atom is 0.230 e. The maximum atomic E-state index is 12.0. The highest BCUT2D eigenvalue weighted by Crippen LogP contribution is 2.33. The average molecular weight is 393 g/mol. The monoisotopic (exact) mass is 392 g/mol. The summed E-state index contributed by atoms with van der Waals surface area (Å²) in [5.74, 6) is 0.390. The number of carbonyl (C=O) groups excluding carboxylic acids is 1. The molecule has 0 spiro atoms. The molecule has 0 saturated heterocycles. The lowest BCUT2D eigenvalue weighted by molar-refractivity contribution is -0.115. The third kappa shape index (κ3) is 4.12. The van der Waals surface area contributed by atoms with Crippen LogP contribution in [0.5, 0.6) is 5.75 Å². The fourth-order valence-electron chi connectivity index (χ4n) is 2.22. The number of benzene rings is 2. The van der Waals surface area contributed by atoms with Crippen LogP contribution in [-0.4, -0.2) is 10.9 Å². The van der Waals surface area contributed by atoms with Crippen molar-refractivity contribution in [1.82, 2.24) is 4.98 Å². The van der Waals surface area contributed by atoms with Crippen LogP contribution in [0.4, 0.5) is 10.8 Å². The van der Waals surface area contributed by atoms with Crippen LogP contribution in [0.2, 0.25) is 10.0 Å². The van der Waals surface area contributed by atoms with Gasteiger partial charge in [-0.1, -0.05) is 47.5 Å². The molecule has 0 aliphatic carbocycles. The Morgan fingerprint density at radius 1 is 1.16 bits per heavy atom. The van der Waals surface area contributed by atoms with Gasteiger partial charge in [0.15, 0.2) is 5.13 Å². The molecule has 128 valence electrons. The van der Waals surface area contributed by atoms with Crippen molar-refractivity contribution < 1.29 is 9.53 Å². The second-order valence-electron chi connectivity index (χ2n) is 5.15. The molecule has 2 aromatic carbocycles. The number of para-hydroxylation sites is 1. The van der Waals surface area contributed by atoms with Gasteiger partial charge in [0.05, 0.1) is 16.4 Å². The molecule has 1 aromatic heterocycles. The molecule has 1 heterocycles. The molecule has 1 amide bonds. The third-order valence-electron chi connectivity index (χ3n) is 3.35. The predicted octanol–water partition coefficient (Wildman–Crippen LogP) is 5.71. The minimum Gasteiger partial charge on any atom is -0.486 e. The molecule has 0 unspecified atom stereocenters. The zero-order valence-corrected chi connectivity index (χ0v) is 15.6. The van der Waals surface area contributed by atoms with E-state index in [1.54, 1.807) is 23.1 Å².